The van der Waals surface area contributed by atoms with E-state index in [-0.39, 0.29) is 16.1 Å². The molecule has 0 spiro atoms. The Morgan fingerprint density at radius 2 is 1.85 bits per heavy atom. The highest BCUT2D eigenvalue weighted by molar-refractivity contribution is 8.13. The summed E-state index contributed by atoms with van der Waals surface area (Å²) in [5.41, 5.74) is 12.7. The van der Waals surface area contributed by atoms with Gasteiger partial charge in [0, 0.05) is 27.1 Å². The van der Waals surface area contributed by atoms with Gasteiger partial charge in [-0.15, -0.1) is 0 Å². The Morgan fingerprint density at radius 1 is 1.15 bits per heavy atom. The highest BCUT2D eigenvalue weighted by atomic mass is 35.5. The molecule has 2 aromatic carbocycles. The first-order valence-corrected chi connectivity index (χ1v) is 10.2. The average Bonchev–Trinajstić information content (AvgIpc) is 2.56. The Kier molecular flexibility index (Phi) is 8.02. The number of hydrogen-bond donors (Lipinski definition) is 4. The molecule has 138 valence electrons. The maximum atomic E-state index is 13.6. The van der Waals surface area contributed by atoms with E-state index in [2.05, 4.69) is 5.32 Å². The first-order chi connectivity index (χ1) is 12.3. The third-order valence-electron chi connectivity index (χ3n) is 3.35. The number of benzene rings is 2. The van der Waals surface area contributed by atoms with E-state index in [9.17, 15) is 4.39 Å². The molecule has 0 radical (unpaired) electrons. The van der Waals surface area contributed by atoms with Crippen LogP contribution in [0, 0.1) is 11.2 Å². The topological polar surface area (TPSA) is 87.9 Å². The number of amidine groups is 1. The van der Waals surface area contributed by atoms with Crippen LogP contribution in [0.3, 0.4) is 0 Å². The summed E-state index contributed by atoms with van der Waals surface area (Å²) in [5.74, 6) is 0.367. The van der Waals surface area contributed by atoms with E-state index in [0.717, 1.165) is 27.3 Å². The summed E-state index contributed by atoms with van der Waals surface area (Å²) in [7, 11) is 0. The molecule has 0 heterocycles. The van der Waals surface area contributed by atoms with E-state index in [0.29, 0.717) is 17.3 Å². The number of hydrogen-bond acceptors (Lipinski definition) is 4. The Balaban J connectivity index is 2.24. The van der Waals surface area contributed by atoms with E-state index in [4.69, 9.17) is 40.7 Å². The second-order valence-electron chi connectivity index (χ2n) is 5.29. The van der Waals surface area contributed by atoms with Crippen LogP contribution in [0.15, 0.2) is 46.2 Å². The van der Waals surface area contributed by atoms with Gasteiger partial charge in [0.25, 0.3) is 0 Å². The van der Waals surface area contributed by atoms with Crippen LogP contribution >= 0.6 is 47.3 Å². The zero-order valence-corrected chi connectivity index (χ0v) is 16.9. The first-order valence-electron chi connectivity index (χ1n) is 7.60. The second-order valence-corrected chi connectivity index (χ2v) is 8.38. The molecule has 0 saturated carbocycles. The number of halogens is 2. The van der Waals surface area contributed by atoms with Crippen LogP contribution in [0.4, 0.5) is 4.39 Å². The smallest absolute Gasteiger partial charge is 0.163 e. The fourth-order valence-electron chi connectivity index (χ4n) is 2.20. The van der Waals surface area contributed by atoms with Crippen molar-refractivity contribution in [2.45, 2.75) is 22.8 Å². The van der Waals surface area contributed by atoms with Gasteiger partial charge >= 0.3 is 0 Å². The summed E-state index contributed by atoms with van der Waals surface area (Å²) < 4.78 is 13.6. The number of thioether (sulfide) groups is 1. The van der Waals surface area contributed by atoms with E-state index in [1.54, 1.807) is 6.07 Å². The zero-order valence-electron chi connectivity index (χ0n) is 13.7. The molecule has 0 aliphatic carbocycles. The number of thiocarbonyl (C=S) groups is 1. The maximum absolute atomic E-state index is 13.6. The largest absolute Gasteiger partial charge is 0.379 e. The summed E-state index contributed by atoms with van der Waals surface area (Å²) >= 11 is 13.8. The lowest BCUT2D eigenvalue weighted by Gasteiger charge is -2.14. The van der Waals surface area contributed by atoms with Gasteiger partial charge in [-0.2, -0.15) is 0 Å². The summed E-state index contributed by atoms with van der Waals surface area (Å²) in [5, 5.41) is 11.1. The number of rotatable bonds is 7. The van der Waals surface area contributed by atoms with Gasteiger partial charge in [-0.1, -0.05) is 35.1 Å². The molecule has 4 nitrogen and oxygen atoms in total. The molecule has 0 aliphatic heterocycles. The fraction of sp³-hybridized carbons (Fsp3) is 0.176. The fourth-order valence-corrected chi connectivity index (χ4v) is 4.07. The van der Waals surface area contributed by atoms with Crippen LogP contribution in [-0.2, 0) is 13.0 Å². The third-order valence-corrected chi connectivity index (χ3v) is 5.68. The standard InChI is InChI=1S/C17H18ClFN4S3/c18-12-1-3-14(10(7-12)5-6-25-16(20)21)26-15-4-2-13(19)8-11(15)9-23-17(22)24/h1-4,7-8H,5-6,9H2,(H3,20,21)(H3,22,23,24). The normalized spacial score (nSPS) is 10.5. The summed E-state index contributed by atoms with van der Waals surface area (Å²) in [6.45, 7) is 0.346. The predicted molar refractivity (Wildman–Crippen MR) is 114 cm³/mol. The van der Waals surface area contributed by atoms with Gasteiger partial charge in [-0.05, 0) is 66.2 Å². The van der Waals surface area contributed by atoms with Crippen molar-refractivity contribution in [2.24, 2.45) is 11.5 Å². The van der Waals surface area contributed by atoms with E-state index in [1.165, 1.54) is 35.7 Å². The Morgan fingerprint density at radius 3 is 2.54 bits per heavy atom. The molecule has 9 heteroatoms. The molecular weight excluding hydrogens is 411 g/mol. The van der Waals surface area contributed by atoms with Crippen LogP contribution in [0.5, 0.6) is 0 Å². The van der Waals surface area contributed by atoms with Gasteiger partial charge in [0.1, 0.15) is 5.82 Å². The van der Waals surface area contributed by atoms with Gasteiger partial charge in [-0.25, -0.2) is 4.39 Å². The third kappa shape index (κ3) is 6.68. The highest BCUT2D eigenvalue weighted by Gasteiger charge is 2.11. The van der Waals surface area contributed by atoms with Crippen molar-refractivity contribution in [3.05, 3.63) is 58.4 Å². The molecule has 0 aromatic heterocycles. The molecule has 0 aliphatic rings. The molecule has 2 rings (SSSR count). The quantitative estimate of drug-likeness (QED) is 0.301. The summed E-state index contributed by atoms with van der Waals surface area (Å²) in [6.07, 6.45) is 0.717. The lowest BCUT2D eigenvalue weighted by molar-refractivity contribution is 0.622. The highest BCUT2D eigenvalue weighted by Crippen LogP contribution is 2.35. The number of nitrogens with two attached hydrogens (primary N) is 2. The predicted octanol–water partition coefficient (Wildman–Crippen LogP) is 4.13. The van der Waals surface area contributed by atoms with Crippen LogP contribution < -0.4 is 16.8 Å². The van der Waals surface area contributed by atoms with Crippen molar-refractivity contribution in [1.82, 2.24) is 5.32 Å². The van der Waals surface area contributed by atoms with Crippen molar-refractivity contribution >= 4 is 57.6 Å². The van der Waals surface area contributed by atoms with Gasteiger partial charge in [0.05, 0.1) is 0 Å². The lowest BCUT2D eigenvalue weighted by atomic mass is 10.2. The molecule has 0 fully saturated rings. The van der Waals surface area contributed by atoms with Gasteiger partial charge in [0.15, 0.2) is 10.3 Å². The van der Waals surface area contributed by atoms with E-state index >= 15 is 0 Å². The summed E-state index contributed by atoms with van der Waals surface area (Å²) in [6, 6.07) is 10.3. The SMILES string of the molecule is N=C(N)SCCc1cc(Cl)ccc1Sc1ccc(F)cc1CNC(N)=S. The molecule has 2 aromatic rings. The van der Waals surface area contributed by atoms with Crippen molar-refractivity contribution in [3.63, 3.8) is 0 Å². The van der Waals surface area contributed by atoms with Crippen LogP contribution in [0.25, 0.3) is 0 Å². The zero-order chi connectivity index (χ0) is 19.1. The van der Waals surface area contributed by atoms with Crippen molar-refractivity contribution < 1.29 is 4.39 Å². The molecule has 6 N–H and O–H groups in total. The minimum atomic E-state index is -0.316. The van der Waals surface area contributed by atoms with Gasteiger partial charge < -0.3 is 16.8 Å². The Hall–Kier alpha value is -1.48. The van der Waals surface area contributed by atoms with Gasteiger partial charge in [-0.3, -0.25) is 5.41 Å². The van der Waals surface area contributed by atoms with Crippen LogP contribution in [-0.4, -0.2) is 16.0 Å². The Labute approximate surface area is 170 Å². The van der Waals surface area contributed by atoms with Crippen LogP contribution in [0.1, 0.15) is 11.1 Å². The molecular formula is C17H18ClFN4S3. The Bertz CT molecular complexity index is 817. The minimum absolute atomic E-state index is 0.0888. The van der Waals surface area contributed by atoms with Gasteiger partial charge in [0.2, 0.25) is 0 Å². The molecule has 0 amide bonds. The monoisotopic (exact) mass is 428 g/mol. The maximum Gasteiger partial charge on any atom is 0.163 e. The van der Waals surface area contributed by atoms with Crippen molar-refractivity contribution in [3.8, 4) is 0 Å². The summed E-state index contributed by atoms with van der Waals surface area (Å²) in [4.78, 5) is 1.92. The van der Waals surface area contributed by atoms with Crippen LogP contribution in [0.2, 0.25) is 5.02 Å². The van der Waals surface area contributed by atoms with Crippen molar-refractivity contribution in [1.29, 1.82) is 5.41 Å². The minimum Gasteiger partial charge on any atom is -0.379 e. The lowest BCUT2D eigenvalue weighted by Crippen LogP contribution is -2.28. The molecule has 0 atom stereocenters. The average molecular weight is 429 g/mol. The van der Waals surface area contributed by atoms with E-state index in [1.807, 2.05) is 18.2 Å². The second kappa shape index (κ2) is 10.0. The molecule has 0 bridgehead atoms. The molecule has 26 heavy (non-hydrogen) atoms. The number of nitrogens with one attached hydrogen (secondary N) is 2. The van der Waals surface area contributed by atoms with E-state index < -0.39 is 0 Å². The number of aryl methyl sites for hydroxylation is 1. The molecule has 0 unspecified atom stereocenters. The first kappa shape index (κ1) is 20.8. The molecule has 0 saturated heterocycles. The van der Waals surface area contributed by atoms with Crippen molar-refractivity contribution in [2.75, 3.05) is 5.75 Å².